The molecule has 0 saturated carbocycles. The molecule has 15 heavy (non-hydrogen) atoms. The van der Waals surface area contributed by atoms with Crippen molar-refractivity contribution < 1.29 is 9.53 Å². The molecule has 2 atom stereocenters. The molecule has 0 radical (unpaired) electrons. The van der Waals surface area contributed by atoms with E-state index >= 15 is 0 Å². The number of rotatable bonds is 6. The number of hydrogen-bond donors (Lipinski definition) is 1. The molecule has 0 aromatic carbocycles. The van der Waals surface area contributed by atoms with Gasteiger partial charge in [0.05, 0.1) is 19.1 Å². The van der Waals surface area contributed by atoms with Gasteiger partial charge in [-0.15, -0.1) is 0 Å². The SMILES string of the molecule is COC(=O)C(CC(C)C)NCC(C)C#N. The summed E-state index contributed by atoms with van der Waals surface area (Å²) in [5.41, 5.74) is 0. The quantitative estimate of drug-likeness (QED) is 0.674. The maximum atomic E-state index is 11.4. The first-order chi connectivity index (χ1) is 7.01. The maximum absolute atomic E-state index is 11.4. The molecule has 2 unspecified atom stereocenters. The number of nitrogens with zero attached hydrogens (tertiary/aromatic N) is 1. The predicted molar refractivity (Wildman–Crippen MR) is 58.0 cm³/mol. The molecule has 4 heteroatoms. The third kappa shape index (κ3) is 6.08. The highest BCUT2D eigenvalue weighted by molar-refractivity contribution is 5.75. The molecular weight excluding hydrogens is 192 g/mol. The summed E-state index contributed by atoms with van der Waals surface area (Å²) in [6.45, 7) is 6.43. The van der Waals surface area contributed by atoms with Gasteiger partial charge in [-0.2, -0.15) is 5.26 Å². The standard InChI is InChI=1S/C11H20N2O2/c1-8(2)5-10(11(14)15-4)13-7-9(3)6-12/h8-10,13H,5,7H2,1-4H3. The molecule has 0 saturated heterocycles. The Balaban J connectivity index is 4.14. The molecule has 86 valence electrons. The lowest BCUT2D eigenvalue weighted by Crippen LogP contribution is -2.40. The van der Waals surface area contributed by atoms with E-state index in [2.05, 4.69) is 11.4 Å². The van der Waals surface area contributed by atoms with Crippen LogP contribution in [0.1, 0.15) is 27.2 Å². The maximum Gasteiger partial charge on any atom is 0.322 e. The van der Waals surface area contributed by atoms with Crippen molar-refractivity contribution in [1.82, 2.24) is 5.32 Å². The number of carbonyl (C=O) groups excluding carboxylic acids is 1. The first kappa shape index (κ1) is 13.9. The number of ether oxygens (including phenoxy) is 1. The van der Waals surface area contributed by atoms with Gasteiger partial charge < -0.3 is 10.1 Å². The zero-order valence-corrected chi connectivity index (χ0v) is 9.91. The second-order valence-electron chi connectivity index (χ2n) is 4.14. The minimum atomic E-state index is -0.300. The molecule has 0 bridgehead atoms. The smallest absolute Gasteiger partial charge is 0.322 e. The topological polar surface area (TPSA) is 62.1 Å². The highest BCUT2D eigenvalue weighted by atomic mass is 16.5. The van der Waals surface area contributed by atoms with E-state index in [9.17, 15) is 4.79 Å². The lowest BCUT2D eigenvalue weighted by molar-refractivity contribution is -0.143. The van der Waals surface area contributed by atoms with Crippen LogP contribution in [0.4, 0.5) is 0 Å². The summed E-state index contributed by atoms with van der Waals surface area (Å²) in [4.78, 5) is 11.4. The van der Waals surface area contributed by atoms with Gasteiger partial charge in [-0.25, -0.2) is 0 Å². The molecule has 0 aliphatic heterocycles. The van der Waals surface area contributed by atoms with Gasteiger partial charge in [0.2, 0.25) is 0 Å². The Bertz CT molecular complexity index is 233. The summed E-state index contributed by atoms with van der Waals surface area (Å²) < 4.78 is 4.69. The zero-order chi connectivity index (χ0) is 11.8. The van der Waals surface area contributed by atoms with E-state index in [-0.39, 0.29) is 17.9 Å². The van der Waals surface area contributed by atoms with Gasteiger partial charge >= 0.3 is 5.97 Å². The molecule has 0 aromatic heterocycles. The summed E-state index contributed by atoms with van der Waals surface area (Å²) in [5.74, 6) is 0.0668. The van der Waals surface area contributed by atoms with Crippen LogP contribution in [-0.4, -0.2) is 25.7 Å². The third-order valence-electron chi connectivity index (χ3n) is 2.08. The van der Waals surface area contributed by atoms with E-state index in [4.69, 9.17) is 10.00 Å². The molecule has 0 aliphatic rings. The molecule has 0 rings (SSSR count). The second kappa shape index (κ2) is 7.24. The van der Waals surface area contributed by atoms with Gasteiger partial charge in [-0.05, 0) is 19.3 Å². The normalized spacial score (nSPS) is 14.4. The van der Waals surface area contributed by atoms with Gasteiger partial charge in [0.1, 0.15) is 6.04 Å². The van der Waals surface area contributed by atoms with E-state index in [1.54, 1.807) is 0 Å². The van der Waals surface area contributed by atoms with Crippen LogP contribution in [0.15, 0.2) is 0 Å². The third-order valence-corrected chi connectivity index (χ3v) is 2.08. The fraction of sp³-hybridized carbons (Fsp3) is 0.818. The van der Waals surface area contributed by atoms with E-state index < -0.39 is 0 Å². The number of esters is 1. The summed E-state index contributed by atoms with van der Waals surface area (Å²) in [6.07, 6.45) is 0.727. The van der Waals surface area contributed by atoms with E-state index in [1.807, 2.05) is 20.8 Å². The fourth-order valence-electron chi connectivity index (χ4n) is 1.24. The van der Waals surface area contributed by atoms with Crippen molar-refractivity contribution in [2.24, 2.45) is 11.8 Å². The number of carbonyl (C=O) groups is 1. The molecule has 1 N–H and O–H groups in total. The van der Waals surface area contributed by atoms with Crippen LogP contribution in [-0.2, 0) is 9.53 Å². The lowest BCUT2D eigenvalue weighted by Gasteiger charge is -2.18. The first-order valence-electron chi connectivity index (χ1n) is 5.22. The van der Waals surface area contributed by atoms with Crippen LogP contribution < -0.4 is 5.32 Å². The van der Waals surface area contributed by atoms with Crippen molar-refractivity contribution in [3.05, 3.63) is 0 Å². The average molecular weight is 212 g/mol. The molecule has 0 aliphatic carbocycles. The van der Waals surface area contributed by atoms with Gasteiger partial charge in [0.15, 0.2) is 0 Å². The van der Waals surface area contributed by atoms with Gasteiger partial charge in [-0.3, -0.25) is 4.79 Å². The Morgan fingerprint density at radius 2 is 2.07 bits per heavy atom. The van der Waals surface area contributed by atoms with Crippen molar-refractivity contribution in [2.75, 3.05) is 13.7 Å². The summed E-state index contributed by atoms with van der Waals surface area (Å²) in [5, 5.41) is 11.7. The van der Waals surface area contributed by atoms with Crippen LogP contribution in [0.3, 0.4) is 0 Å². The highest BCUT2D eigenvalue weighted by Gasteiger charge is 2.20. The average Bonchev–Trinajstić information content (AvgIpc) is 2.21. The summed E-state index contributed by atoms with van der Waals surface area (Å²) in [7, 11) is 1.38. The molecule has 0 aromatic rings. The van der Waals surface area contributed by atoms with Crippen LogP contribution in [0.2, 0.25) is 0 Å². The Morgan fingerprint density at radius 3 is 2.47 bits per heavy atom. The molecule has 0 heterocycles. The first-order valence-corrected chi connectivity index (χ1v) is 5.22. The van der Waals surface area contributed by atoms with E-state index in [0.717, 1.165) is 6.42 Å². The number of methoxy groups -OCH3 is 1. The minimum absolute atomic E-state index is 0.0932. The molecular formula is C11H20N2O2. The number of hydrogen-bond acceptors (Lipinski definition) is 4. The van der Waals surface area contributed by atoms with Gasteiger partial charge in [-0.1, -0.05) is 13.8 Å². The number of nitriles is 1. The van der Waals surface area contributed by atoms with Crippen molar-refractivity contribution in [1.29, 1.82) is 5.26 Å². The van der Waals surface area contributed by atoms with Gasteiger partial charge in [0.25, 0.3) is 0 Å². The Kier molecular flexibility index (Phi) is 6.72. The Hall–Kier alpha value is -1.08. The highest BCUT2D eigenvalue weighted by Crippen LogP contribution is 2.06. The van der Waals surface area contributed by atoms with Gasteiger partial charge in [0, 0.05) is 6.54 Å². The van der Waals surface area contributed by atoms with Crippen LogP contribution in [0.5, 0.6) is 0 Å². The molecule has 0 amide bonds. The van der Waals surface area contributed by atoms with Crippen molar-refractivity contribution in [3.63, 3.8) is 0 Å². The predicted octanol–water partition coefficient (Wildman–Crippen LogP) is 1.32. The Labute approximate surface area is 91.6 Å². The largest absolute Gasteiger partial charge is 0.468 e. The fourth-order valence-corrected chi connectivity index (χ4v) is 1.24. The monoisotopic (exact) mass is 212 g/mol. The van der Waals surface area contributed by atoms with Crippen LogP contribution in [0, 0.1) is 23.2 Å². The minimum Gasteiger partial charge on any atom is -0.468 e. The van der Waals surface area contributed by atoms with Crippen molar-refractivity contribution in [2.45, 2.75) is 33.2 Å². The number of nitrogens with one attached hydrogen (secondary N) is 1. The summed E-state index contributed by atoms with van der Waals surface area (Å²) >= 11 is 0. The van der Waals surface area contributed by atoms with Crippen molar-refractivity contribution in [3.8, 4) is 6.07 Å². The lowest BCUT2D eigenvalue weighted by atomic mass is 10.0. The summed E-state index contributed by atoms with van der Waals surface area (Å²) in [6, 6.07) is 1.82. The Morgan fingerprint density at radius 1 is 1.47 bits per heavy atom. The second-order valence-corrected chi connectivity index (χ2v) is 4.14. The molecule has 0 spiro atoms. The molecule has 0 fully saturated rings. The van der Waals surface area contributed by atoms with Crippen LogP contribution in [0.25, 0.3) is 0 Å². The zero-order valence-electron chi connectivity index (χ0n) is 9.91. The van der Waals surface area contributed by atoms with E-state index in [1.165, 1.54) is 7.11 Å². The van der Waals surface area contributed by atoms with E-state index in [0.29, 0.717) is 12.5 Å². The molecule has 4 nitrogen and oxygen atoms in total. The van der Waals surface area contributed by atoms with Crippen LogP contribution >= 0.6 is 0 Å². The van der Waals surface area contributed by atoms with Crippen molar-refractivity contribution >= 4 is 5.97 Å².